The molecule has 3 aliphatic carbocycles. The highest BCUT2D eigenvalue weighted by Crippen LogP contribution is 2.65. The quantitative estimate of drug-likeness (QED) is 0.482. The first kappa shape index (κ1) is 21.2. The summed E-state index contributed by atoms with van der Waals surface area (Å²) in [6.45, 7) is 3.85. The van der Waals surface area contributed by atoms with Gasteiger partial charge in [0, 0.05) is 17.7 Å². The molecule has 3 aromatic rings. The predicted octanol–water partition coefficient (Wildman–Crippen LogP) is 3.32. The summed E-state index contributed by atoms with van der Waals surface area (Å²) in [5, 5.41) is 11.4. The molecular formula is C24H28N6O3. The Morgan fingerprint density at radius 1 is 1.24 bits per heavy atom. The second-order valence-electron chi connectivity index (χ2n) is 9.77. The second kappa shape index (κ2) is 7.75. The van der Waals surface area contributed by atoms with E-state index >= 15 is 0 Å². The molecule has 2 amide bonds. The highest BCUT2D eigenvalue weighted by atomic mass is 16.5. The van der Waals surface area contributed by atoms with Crippen LogP contribution in [0.3, 0.4) is 0 Å². The molecule has 0 saturated heterocycles. The van der Waals surface area contributed by atoms with Crippen molar-refractivity contribution in [1.82, 2.24) is 14.9 Å². The Hall–Kier alpha value is -3.62. The van der Waals surface area contributed by atoms with E-state index in [1.165, 1.54) is 19.3 Å². The maximum atomic E-state index is 12.5. The highest BCUT2D eigenvalue weighted by Gasteiger charge is 2.56. The number of anilines is 2. The van der Waals surface area contributed by atoms with Crippen LogP contribution in [0.1, 0.15) is 60.8 Å². The van der Waals surface area contributed by atoms with E-state index in [1.807, 2.05) is 32.0 Å². The van der Waals surface area contributed by atoms with Crippen LogP contribution in [0.15, 0.2) is 34.9 Å². The van der Waals surface area contributed by atoms with E-state index in [4.69, 9.17) is 16.0 Å². The monoisotopic (exact) mass is 448 g/mol. The maximum absolute atomic E-state index is 12.5. The second-order valence-corrected chi connectivity index (χ2v) is 9.77. The molecule has 9 heteroatoms. The predicted molar refractivity (Wildman–Crippen MR) is 123 cm³/mol. The third-order valence-corrected chi connectivity index (χ3v) is 6.82. The molecular weight excluding hydrogens is 420 g/mol. The fraction of sp³-hybridized carbons (Fsp3) is 0.417. The molecule has 0 aliphatic heterocycles. The number of hydrogen-bond donors (Lipinski definition) is 3. The Balaban J connectivity index is 1.24. The van der Waals surface area contributed by atoms with Crippen LogP contribution in [0.5, 0.6) is 0 Å². The fourth-order valence-corrected chi connectivity index (χ4v) is 5.15. The van der Waals surface area contributed by atoms with E-state index in [0.717, 1.165) is 23.6 Å². The number of nitrogens with one attached hydrogen (secondary N) is 1. The number of nitrogens with two attached hydrogens (primary N) is 2. The minimum Gasteiger partial charge on any atom is -0.383 e. The molecule has 2 aromatic heterocycles. The lowest BCUT2D eigenvalue weighted by Gasteiger charge is -2.62. The van der Waals surface area contributed by atoms with E-state index in [-0.39, 0.29) is 29.8 Å². The molecule has 172 valence electrons. The number of nitrogens with zero attached hydrogens (tertiary/aromatic N) is 3. The summed E-state index contributed by atoms with van der Waals surface area (Å²) >= 11 is 0. The number of aromatic nitrogens is 3. The SMILES string of the molecule is CC(C)n1nc(-c2ccc(CC(=O)Nc3cc(CC45CC(C4)C5)no3)cc2)c(C(N)=O)c1N. The lowest BCUT2D eigenvalue weighted by atomic mass is 9.43. The number of hydrogen-bond acceptors (Lipinski definition) is 6. The van der Waals surface area contributed by atoms with Gasteiger partial charge in [-0.3, -0.25) is 14.9 Å². The zero-order valence-electron chi connectivity index (χ0n) is 18.8. The van der Waals surface area contributed by atoms with Crippen molar-refractivity contribution in [2.24, 2.45) is 17.1 Å². The summed E-state index contributed by atoms with van der Waals surface area (Å²) in [7, 11) is 0. The third-order valence-electron chi connectivity index (χ3n) is 6.82. The van der Waals surface area contributed by atoms with Gasteiger partial charge in [-0.1, -0.05) is 29.4 Å². The molecule has 2 bridgehead atoms. The van der Waals surface area contributed by atoms with Gasteiger partial charge in [0.05, 0.1) is 12.1 Å². The molecule has 0 radical (unpaired) electrons. The minimum absolute atomic E-state index is 0.0181. The summed E-state index contributed by atoms with van der Waals surface area (Å²) in [5.41, 5.74) is 15.1. The first-order valence-corrected chi connectivity index (χ1v) is 11.3. The lowest BCUT2D eigenvalue weighted by molar-refractivity contribution is -0.115. The minimum atomic E-state index is -0.627. The average Bonchev–Trinajstić information content (AvgIpc) is 3.28. The van der Waals surface area contributed by atoms with Crippen LogP contribution in [0.25, 0.3) is 11.3 Å². The van der Waals surface area contributed by atoms with Crippen LogP contribution in [0, 0.1) is 11.3 Å². The number of primary amides is 1. The summed E-state index contributed by atoms with van der Waals surface area (Å²) in [4.78, 5) is 24.4. The molecule has 33 heavy (non-hydrogen) atoms. The molecule has 3 aliphatic rings. The van der Waals surface area contributed by atoms with Crippen molar-refractivity contribution >= 4 is 23.5 Å². The van der Waals surface area contributed by atoms with Crippen LogP contribution < -0.4 is 16.8 Å². The molecule has 1 aromatic carbocycles. The van der Waals surface area contributed by atoms with E-state index in [1.54, 1.807) is 16.8 Å². The largest absolute Gasteiger partial charge is 0.383 e. The van der Waals surface area contributed by atoms with Crippen LogP contribution in [-0.4, -0.2) is 26.8 Å². The number of nitrogen functional groups attached to an aromatic ring is 1. The summed E-state index contributed by atoms with van der Waals surface area (Å²) in [6.07, 6.45) is 4.98. The van der Waals surface area contributed by atoms with Gasteiger partial charge in [-0.2, -0.15) is 5.10 Å². The van der Waals surface area contributed by atoms with Gasteiger partial charge in [-0.25, -0.2) is 4.68 Å². The van der Waals surface area contributed by atoms with Crippen molar-refractivity contribution in [3.63, 3.8) is 0 Å². The lowest BCUT2D eigenvalue weighted by Crippen LogP contribution is -2.52. The number of amides is 2. The van der Waals surface area contributed by atoms with Gasteiger partial charge >= 0.3 is 0 Å². The molecule has 0 unspecified atom stereocenters. The third kappa shape index (κ3) is 3.88. The number of carbonyl (C=O) groups excluding carboxylic acids is 2. The summed E-state index contributed by atoms with van der Waals surface area (Å²) < 4.78 is 6.88. The van der Waals surface area contributed by atoms with Gasteiger partial charge in [-0.05, 0) is 56.4 Å². The first-order valence-electron chi connectivity index (χ1n) is 11.3. The Morgan fingerprint density at radius 2 is 1.94 bits per heavy atom. The molecule has 3 fully saturated rings. The first-order chi connectivity index (χ1) is 15.7. The molecule has 9 nitrogen and oxygen atoms in total. The molecule has 5 N–H and O–H groups in total. The van der Waals surface area contributed by atoms with Crippen molar-refractivity contribution in [2.45, 2.75) is 52.0 Å². The zero-order chi connectivity index (χ0) is 23.3. The molecule has 6 rings (SSSR count). The molecule has 2 heterocycles. The Kier molecular flexibility index (Phi) is 4.99. The van der Waals surface area contributed by atoms with Crippen LogP contribution in [0.4, 0.5) is 11.7 Å². The van der Waals surface area contributed by atoms with E-state index in [2.05, 4.69) is 15.6 Å². The summed E-state index contributed by atoms with van der Waals surface area (Å²) in [6, 6.07) is 9.05. The van der Waals surface area contributed by atoms with Crippen molar-refractivity contribution < 1.29 is 14.1 Å². The van der Waals surface area contributed by atoms with Gasteiger partial charge in [0.2, 0.25) is 11.8 Å². The van der Waals surface area contributed by atoms with E-state index in [0.29, 0.717) is 22.6 Å². The van der Waals surface area contributed by atoms with Gasteiger partial charge < -0.3 is 16.0 Å². The van der Waals surface area contributed by atoms with E-state index in [9.17, 15) is 9.59 Å². The van der Waals surface area contributed by atoms with Gasteiger partial charge in [-0.15, -0.1) is 0 Å². The number of benzene rings is 1. The Morgan fingerprint density at radius 3 is 2.52 bits per heavy atom. The maximum Gasteiger partial charge on any atom is 0.254 e. The topological polar surface area (TPSA) is 142 Å². The number of rotatable bonds is 8. The van der Waals surface area contributed by atoms with Crippen LogP contribution in [0.2, 0.25) is 0 Å². The Labute approximate surface area is 191 Å². The van der Waals surface area contributed by atoms with Gasteiger partial charge in [0.25, 0.3) is 5.91 Å². The smallest absolute Gasteiger partial charge is 0.254 e. The average molecular weight is 449 g/mol. The Bertz CT molecular complexity index is 1210. The zero-order valence-corrected chi connectivity index (χ0v) is 18.8. The fourth-order valence-electron chi connectivity index (χ4n) is 5.15. The highest BCUT2D eigenvalue weighted by molar-refractivity contribution is 6.03. The molecule has 3 saturated carbocycles. The van der Waals surface area contributed by atoms with Gasteiger partial charge in [0.15, 0.2) is 0 Å². The molecule has 0 atom stereocenters. The normalized spacial score (nSPS) is 20.9. The van der Waals surface area contributed by atoms with Gasteiger partial charge in [0.1, 0.15) is 17.1 Å². The number of carbonyl (C=O) groups is 2. The van der Waals surface area contributed by atoms with Crippen molar-refractivity contribution in [2.75, 3.05) is 11.1 Å². The standard InChI is InChI=1S/C24H28N6O3/c1-13(2)30-22(25)20(23(26)32)21(28-30)16-5-3-14(4-6-16)7-18(31)27-19-8-17(29-33-19)12-24-9-15(10-24)11-24/h3-6,8,13,15H,7,9-12,25H2,1-2H3,(H2,26,32)(H,27,31). The van der Waals surface area contributed by atoms with Crippen molar-refractivity contribution in [1.29, 1.82) is 0 Å². The van der Waals surface area contributed by atoms with Crippen LogP contribution >= 0.6 is 0 Å². The van der Waals surface area contributed by atoms with Crippen LogP contribution in [-0.2, 0) is 17.6 Å². The summed E-state index contributed by atoms with van der Waals surface area (Å²) in [5.74, 6) is 0.726. The van der Waals surface area contributed by atoms with E-state index < -0.39 is 5.91 Å². The van der Waals surface area contributed by atoms with Crippen molar-refractivity contribution in [3.8, 4) is 11.3 Å². The molecule has 0 spiro atoms. The van der Waals surface area contributed by atoms with Crippen molar-refractivity contribution in [3.05, 3.63) is 47.2 Å².